The summed E-state index contributed by atoms with van der Waals surface area (Å²) < 4.78 is 41.4. The van der Waals surface area contributed by atoms with Crippen LogP contribution in [0.1, 0.15) is 37.9 Å². The van der Waals surface area contributed by atoms with Crippen molar-refractivity contribution in [1.29, 1.82) is 0 Å². The van der Waals surface area contributed by atoms with E-state index in [1.165, 1.54) is 0 Å². The van der Waals surface area contributed by atoms with Crippen LogP contribution >= 0.6 is 0 Å². The van der Waals surface area contributed by atoms with Gasteiger partial charge in [0.2, 0.25) is 5.88 Å². The Balaban J connectivity index is 2.55. The molecule has 0 atom stereocenters. The third kappa shape index (κ3) is 6.75. The zero-order chi connectivity index (χ0) is 15.0. The average molecular weight is 290 g/mol. The van der Waals surface area contributed by atoms with Crippen molar-refractivity contribution in [2.45, 2.75) is 45.8 Å². The van der Waals surface area contributed by atoms with Crippen LogP contribution in [0, 0.1) is 0 Å². The zero-order valence-electron chi connectivity index (χ0n) is 11.9. The van der Waals surface area contributed by atoms with Gasteiger partial charge in [0.15, 0.2) is 0 Å². The van der Waals surface area contributed by atoms with Crippen LogP contribution in [0.2, 0.25) is 0 Å². The number of ether oxygens (including phenoxy) is 1. The molecule has 6 heteroatoms. The predicted octanol–water partition coefficient (Wildman–Crippen LogP) is 3.47. The Labute approximate surface area is 117 Å². The van der Waals surface area contributed by atoms with E-state index in [2.05, 4.69) is 10.3 Å². The van der Waals surface area contributed by atoms with Crippen LogP contribution in [-0.4, -0.2) is 24.3 Å². The molecule has 0 aliphatic rings. The first-order valence-corrected chi connectivity index (χ1v) is 6.84. The van der Waals surface area contributed by atoms with Gasteiger partial charge in [-0.15, -0.1) is 0 Å². The maximum Gasteiger partial charge on any atom is 0.389 e. The molecule has 0 aliphatic heterocycles. The van der Waals surface area contributed by atoms with Crippen molar-refractivity contribution in [3.05, 3.63) is 23.4 Å². The molecular weight excluding hydrogens is 269 g/mol. The second-order valence-electron chi connectivity index (χ2n) is 4.51. The van der Waals surface area contributed by atoms with Gasteiger partial charge in [-0.3, -0.25) is 0 Å². The lowest BCUT2D eigenvalue weighted by Gasteiger charge is -2.10. The first-order valence-electron chi connectivity index (χ1n) is 6.84. The van der Waals surface area contributed by atoms with Gasteiger partial charge in [-0.1, -0.05) is 13.8 Å². The lowest BCUT2D eigenvalue weighted by Crippen LogP contribution is -2.13. The largest absolute Gasteiger partial charge is 0.478 e. The second-order valence-corrected chi connectivity index (χ2v) is 4.51. The second kappa shape index (κ2) is 8.09. The van der Waals surface area contributed by atoms with Gasteiger partial charge in [-0.25, -0.2) is 4.98 Å². The molecule has 1 rings (SSSR count). The molecular formula is C14H21F3N2O. The molecule has 20 heavy (non-hydrogen) atoms. The number of pyridine rings is 1. The number of hydrogen-bond acceptors (Lipinski definition) is 3. The Morgan fingerprint density at radius 2 is 2.00 bits per heavy atom. The highest BCUT2D eigenvalue weighted by molar-refractivity contribution is 5.25. The summed E-state index contributed by atoms with van der Waals surface area (Å²) in [5, 5.41) is 3.20. The lowest BCUT2D eigenvalue weighted by atomic mass is 10.2. The predicted molar refractivity (Wildman–Crippen MR) is 71.8 cm³/mol. The molecule has 0 unspecified atom stereocenters. The zero-order valence-corrected chi connectivity index (χ0v) is 11.9. The molecule has 3 nitrogen and oxygen atoms in total. The van der Waals surface area contributed by atoms with E-state index in [9.17, 15) is 13.2 Å². The molecule has 1 aromatic heterocycles. The molecule has 0 bridgehead atoms. The summed E-state index contributed by atoms with van der Waals surface area (Å²) in [6, 6.07) is 3.75. The van der Waals surface area contributed by atoms with E-state index in [-0.39, 0.29) is 13.0 Å². The topological polar surface area (TPSA) is 34.2 Å². The lowest BCUT2D eigenvalue weighted by molar-refractivity contribution is -0.136. The molecule has 0 saturated carbocycles. The van der Waals surface area contributed by atoms with Crippen LogP contribution in [0.15, 0.2) is 12.1 Å². The maximum atomic E-state index is 12.0. The van der Waals surface area contributed by atoms with E-state index in [1.807, 2.05) is 19.9 Å². The standard InChI is InChI=1S/C14H21F3N2O/c1-3-12-8-11(10-18-4-2)9-13(19-12)20-7-5-6-14(15,16)17/h8-9,18H,3-7,10H2,1-2H3. The van der Waals surface area contributed by atoms with Gasteiger partial charge >= 0.3 is 6.18 Å². The third-order valence-corrected chi connectivity index (χ3v) is 2.71. The van der Waals surface area contributed by atoms with Crippen LogP contribution in [-0.2, 0) is 13.0 Å². The summed E-state index contributed by atoms with van der Waals surface area (Å²) in [6.45, 7) is 5.57. The highest BCUT2D eigenvalue weighted by atomic mass is 19.4. The number of alkyl halides is 3. The Kier molecular flexibility index (Phi) is 6.78. The number of rotatable bonds is 8. The third-order valence-electron chi connectivity index (χ3n) is 2.71. The van der Waals surface area contributed by atoms with Crippen LogP contribution in [0.3, 0.4) is 0 Å². The Bertz CT molecular complexity index is 408. The number of nitrogens with one attached hydrogen (secondary N) is 1. The number of aromatic nitrogens is 1. The fourth-order valence-corrected chi connectivity index (χ4v) is 1.70. The van der Waals surface area contributed by atoms with Crippen molar-refractivity contribution in [3.63, 3.8) is 0 Å². The molecule has 0 aromatic carbocycles. The Morgan fingerprint density at radius 1 is 1.25 bits per heavy atom. The molecule has 0 saturated heterocycles. The summed E-state index contributed by atoms with van der Waals surface area (Å²) >= 11 is 0. The normalized spacial score (nSPS) is 11.7. The van der Waals surface area contributed by atoms with Crippen molar-refractivity contribution in [3.8, 4) is 5.88 Å². The molecule has 1 aromatic rings. The molecule has 0 fully saturated rings. The number of halogens is 3. The van der Waals surface area contributed by atoms with E-state index in [4.69, 9.17) is 4.74 Å². The van der Waals surface area contributed by atoms with Gasteiger partial charge in [-0.2, -0.15) is 13.2 Å². The van der Waals surface area contributed by atoms with Crippen molar-refractivity contribution in [2.75, 3.05) is 13.2 Å². The van der Waals surface area contributed by atoms with Gasteiger partial charge in [0, 0.05) is 24.7 Å². The summed E-state index contributed by atoms with van der Waals surface area (Å²) in [4.78, 5) is 4.26. The van der Waals surface area contributed by atoms with Gasteiger partial charge in [0.05, 0.1) is 6.61 Å². The molecule has 1 N–H and O–H groups in total. The number of hydrogen-bond donors (Lipinski definition) is 1. The minimum atomic E-state index is -4.13. The van der Waals surface area contributed by atoms with Crippen molar-refractivity contribution in [1.82, 2.24) is 10.3 Å². The fraction of sp³-hybridized carbons (Fsp3) is 0.643. The smallest absolute Gasteiger partial charge is 0.389 e. The van der Waals surface area contributed by atoms with Gasteiger partial charge in [0.25, 0.3) is 0 Å². The Morgan fingerprint density at radius 3 is 2.60 bits per heavy atom. The van der Waals surface area contributed by atoms with Crippen LogP contribution in [0.25, 0.3) is 0 Å². The molecule has 0 radical (unpaired) electrons. The van der Waals surface area contributed by atoms with Gasteiger partial charge in [-0.05, 0) is 31.0 Å². The maximum absolute atomic E-state index is 12.0. The van der Waals surface area contributed by atoms with Gasteiger partial charge in [0.1, 0.15) is 0 Å². The first-order chi connectivity index (χ1) is 9.44. The summed E-state index contributed by atoms with van der Waals surface area (Å²) in [5.41, 5.74) is 1.91. The summed E-state index contributed by atoms with van der Waals surface area (Å²) in [6.07, 6.45) is -4.24. The van der Waals surface area contributed by atoms with E-state index in [1.54, 1.807) is 6.07 Å². The van der Waals surface area contributed by atoms with E-state index in [0.717, 1.165) is 24.2 Å². The molecule has 1 heterocycles. The highest BCUT2D eigenvalue weighted by Crippen LogP contribution is 2.21. The Hall–Kier alpha value is -1.30. The average Bonchev–Trinajstić information content (AvgIpc) is 2.40. The number of nitrogens with zero attached hydrogens (tertiary/aromatic N) is 1. The van der Waals surface area contributed by atoms with Crippen molar-refractivity contribution in [2.24, 2.45) is 0 Å². The minimum Gasteiger partial charge on any atom is -0.478 e. The number of aryl methyl sites for hydroxylation is 1. The van der Waals surface area contributed by atoms with Crippen LogP contribution in [0.4, 0.5) is 13.2 Å². The molecule has 0 amide bonds. The van der Waals surface area contributed by atoms with Crippen LogP contribution < -0.4 is 10.1 Å². The highest BCUT2D eigenvalue weighted by Gasteiger charge is 2.26. The summed E-state index contributed by atoms with van der Waals surface area (Å²) in [7, 11) is 0. The van der Waals surface area contributed by atoms with Crippen molar-refractivity contribution < 1.29 is 17.9 Å². The molecule has 0 spiro atoms. The first kappa shape index (κ1) is 16.8. The molecule has 114 valence electrons. The van der Waals surface area contributed by atoms with Gasteiger partial charge < -0.3 is 10.1 Å². The SMILES string of the molecule is CCNCc1cc(CC)nc(OCCCC(F)(F)F)c1. The quantitative estimate of drug-likeness (QED) is 0.744. The van der Waals surface area contributed by atoms with E-state index < -0.39 is 12.6 Å². The summed E-state index contributed by atoms with van der Waals surface area (Å²) in [5.74, 6) is 0.402. The minimum absolute atomic E-state index is 0.0281. The van der Waals surface area contributed by atoms with Crippen LogP contribution in [0.5, 0.6) is 5.88 Å². The van der Waals surface area contributed by atoms with E-state index in [0.29, 0.717) is 12.4 Å². The fourth-order valence-electron chi connectivity index (χ4n) is 1.70. The van der Waals surface area contributed by atoms with Crippen molar-refractivity contribution >= 4 is 0 Å². The van der Waals surface area contributed by atoms with E-state index >= 15 is 0 Å². The molecule has 0 aliphatic carbocycles. The monoisotopic (exact) mass is 290 g/mol.